The Kier molecular flexibility index (Phi) is 6.72. The first kappa shape index (κ1) is 27.9. The maximum Gasteiger partial charge on any atom is 0.291 e. The molecule has 2 aliphatic carbocycles. The predicted octanol–water partition coefficient (Wildman–Crippen LogP) is 3.36. The smallest absolute Gasteiger partial charge is 0.291 e. The third kappa shape index (κ3) is 5.01. The van der Waals surface area contributed by atoms with Gasteiger partial charge in [-0.25, -0.2) is 35.3 Å². The average Bonchev–Trinajstić information content (AvgIpc) is 3.77. The molecule has 4 heterocycles. The van der Waals surface area contributed by atoms with Gasteiger partial charge in [0.2, 0.25) is 20.0 Å². The number of imidazole rings is 1. The quantitative estimate of drug-likeness (QED) is 0.388. The first-order chi connectivity index (χ1) is 18.8. The van der Waals surface area contributed by atoms with Gasteiger partial charge in [0.1, 0.15) is 10.6 Å². The minimum absolute atomic E-state index is 0.0138. The molecule has 0 spiro atoms. The number of piperazine rings is 1. The summed E-state index contributed by atoms with van der Waals surface area (Å²) in [5.41, 5.74) is 1.65. The number of fused-ring (bicyclic) bond motifs is 1. The van der Waals surface area contributed by atoms with Crippen LogP contribution in [-0.2, 0) is 20.0 Å². The van der Waals surface area contributed by atoms with Crippen molar-refractivity contribution in [1.29, 1.82) is 0 Å². The third-order valence-corrected chi connectivity index (χ3v) is 12.5. The molecule has 3 aromatic rings. The van der Waals surface area contributed by atoms with E-state index in [0.717, 1.165) is 37.0 Å². The number of pyridine rings is 1. The summed E-state index contributed by atoms with van der Waals surface area (Å²) < 4.78 is 85.3. The van der Waals surface area contributed by atoms with E-state index in [9.17, 15) is 25.6 Å². The second-order valence-electron chi connectivity index (χ2n) is 11.3. The number of alkyl halides is 2. The molecule has 0 atom stereocenters. The largest absolute Gasteiger partial charge is 0.366 e. The van der Waals surface area contributed by atoms with E-state index in [0.29, 0.717) is 35.8 Å². The van der Waals surface area contributed by atoms with Gasteiger partial charge in [-0.3, -0.25) is 4.40 Å². The molecular weight excluding hydrogens is 585 g/mol. The Labute approximate surface area is 235 Å². The maximum absolute atomic E-state index is 13.5. The number of aromatic nitrogens is 4. The van der Waals surface area contributed by atoms with Crippen LogP contribution in [0, 0.1) is 0 Å². The van der Waals surface area contributed by atoms with Gasteiger partial charge in [0.15, 0.2) is 15.7 Å². The Morgan fingerprint density at radius 3 is 2.30 bits per heavy atom. The van der Waals surface area contributed by atoms with Crippen molar-refractivity contribution in [3.63, 3.8) is 0 Å². The van der Waals surface area contributed by atoms with Gasteiger partial charge >= 0.3 is 0 Å². The van der Waals surface area contributed by atoms with E-state index in [1.54, 1.807) is 24.3 Å². The number of rotatable bonds is 9. The summed E-state index contributed by atoms with van der Waals surface area (Å²) in [6.45, 7) is 6.31. The van der Waals surface area contributed by atoms with Crippen molar-refractivity contribution < 1.29 is 25.6 Å². The second-order valence-corrected chi connectivity index (χ2v) is 16.4. The molecule has 0 amide bonds. The zero-order valence-electron chi connectivity index (χ0n) is 22.3. The van der Waals surface area contributed by atoms with Crippen LogP contribution in [0.15, 0.2) is 17.2 Å². The minimum atomic E-state index is -3.94. The van der Waals surface area contributed by atoms with Crippen LogP contribution < -0.4 is 9.62 Å². The Hall–Kier alpha value is -2.27. The van der Waals surface area contributed by atoms with Crippen molar-refractivity contribution in [1.82, 2.24) is 28.6 Å². The molecule has 0 bridgehead atoms. The number of sulfonamides is 2. The maximum atomic E-state index is 13.5. The first-order valence-electron chi connectivity index (χ1n) is 13.2. The number of hydrogen-bond acceptors (Lipinski definition) is 9. The van der Waals surface area contributed by atoms with Crippen LogP contribution in [0.1, 0.15) is 69.5 Å². The van der Waals surface area contributed by atoms with Crippen molar-refractivity contribution in [2.75, 3.05) is 31.1 Å². The van der Waals surface area contributed by atoms with Crippen LogP contribution in [0.2, 0.25) is 0 Å². The highest BCUT2D eigenvalue weighted by atomic mass is 32.2. The molecule has 11 nitrogen and oxygen atoms in total. The molecule has 3 aliphatic rings. The standard InChI is InChI=1S/C24H31F2N7O4S3/c1-14(2)40(36,37)32-10-8-31(9-11-32)17-12-16(39(34,35)30-24(3)6-7-24)13-33-19(18(15-4-5-15)27-21(17)33)22-28-29-23(38-22)20(25)26/h12-15,20,30H,4-11H2,1-3H3. The lowest BCUT2D eigenvalue weighted by Crippen LogP contribution is -2.50. The molecule has 3 aromatic heterocycles. The molecule has 1 aliphatic heterocycles. The van der Waals surface area contributed by atoms with Gasteiger partial charge < -0.3 is 4.90 Å². The van der Waals surface area contributed by atoms with E-state index in [4.69, 9.17) is 4.98 Å². The predicted molar refractivity (Wildman–Crippen MR) is 147 cm³/mol. The Bertz CT molecular complexity index is 1670. The Balaban J connectivity index is 1.49. The minimum Gasteiger partial charge on any atom is -0.366 e. The molecule has 0 aromatic carbocycles. The number of nitrogens with one attached hydrogen (secondary N) is 1. The van der Waals surface area contributed by atoms with E-state index >= 15 is 0 Å². The van der Waals surface area contributed by atoms with Crippen LogP contribution in [0.3, 0.4) is 0 Å². The zero-order valence-corrected chi connectivity index (χ0v) is 24.8. The van der Waals surface area contributed by atoms with E-state index in [2.05, 4.69) is 14.9 Å². The molecule has 16 heteroatoms. The summed E-state index contributed by atoms with van der Waals surface area (Å²) in [7, 11) is -7.37. The first-order valence-corrected chi connectivity index (χ1v) is 17.1. The van der Waals surface area contributed by atoms with Crippen LogP contribution in [0.4, 0.5) is 14.5 Å². The normalized spacial score (nSPS) is 20.2. The summed E-state index contributed by atoms with van der Waals surface area (Å²) in [5.74, 6) is 0.109. The molecule has 0 radical (unpaired) electrons. The Morgan fingerprint density at radius 2 is 1.75 bits per heavy atom. The SMILES string of the molecule is CC(C)S(=O)(=O)N1CCN(c2cc(S(=O)(=O)NC3(C)CC3)cn3c(-c4nnc(C(F)F)s4)c(C4CC4)nc23)CC1. The van der Waals surface area contributed by atoms with Crippen molar-refractivity contribution in [2.24, 2.45) is 0 Å². The number of nitrogens with zero attached hydrogens (tertiary/aromatic N) is 6. The lowest BCUT2D eigenvalue weighted by Gasteiger charge is -2.36. The van der Waals surface area contributed by atoms with Crippen LogP contribution in [0.25, 0.3) is 16.3 Å². The van der Waals surface area contributed by atoms with Gasteiger partial charge in [0.25, 0.3) is 6.43 Å². The summed E-state index contributed by atoms with van der Waals surface area (Å²) in [4.78, 5) is 6.87. The monoisotopic (exact) mass is 615 g/mol. The molecule has 40 heavy (non-hydrogen) atoms. The summed E-state index contributed by atoms with van der Waals surface area (Å²) in [5, 5.41) is 6.98. The Morgan fingerprint density at radius 1 is 1.07 bits per heavy atom. The number of hydrogen-bond donors (Lipinski definition) is 1. The van der Waals surface area contributed by atoms with E-state index in [1.807, 2.05) is 11.8 Å². The summed E-state index contributed by atoms with van der Waals surface area (Å²) >= 11 is 0.768. The van der Waals surface area contributed by atoms with Crippen molar-refractivity contribution in [3.05, 3.63) is 23.0 Å². The molecule has 2 saturated carbocycles. The van der Waals surface area contributed by atoms with Crippen molar-refractivity contribution in [3.8, 4) is 10.7 Å². The molecule has 3 fully saturated rings. The van der Waals surface area contributed by atoms with Crippen LogP contribution >= 0.6 is 11.3 Å². The average molecular weight is 616 g/mol. The fraction of sp³-hybridized carbons (Fsp3) is 0.625. The molecule has 218 valence electrons. The second kappa shape index (κ2) is 9.64. The van der Waals surface area contributed by atoms with Crippen molar-refractivity contribution in [2.45, 2.75) is 74.5 Å². The van der Waals surface area contributed by atoms with Gasteiger partial charge in [-0.15, -0.1) is 10.2 Å². The van der Waals surface area contributed by atoms with Gasteiger partial charge in [-0.05, 0) is 52.5 Å². The fourth-order valence-electron chi connectivity index (χ4n) is 4.93. The summed E-state index contributed by atoms with van der Waals surface area (Å²) in [6.07, 6.45) is 1.92. The number of anilines is 1. The fourth-order valence-corrected chi connectivity index (χ4v) is 8.43. The highest BCUT2D eigenvalue weighted by Crippen LogP contribution is 2.46. The van der Waals surface area contributed by atoms with Gasteiger partial charge in [-0.2, -0.15) is 4.31 Å². The zero-order chi connectivity index (χ0) is 28.6. The van der Waals surface area contributed by atoms with Crippen molar-refractivity contribution >= 4 is 42.7 Å². The lowest BCUT2D eigenvalue weighted by molar-refractivity contribution is 0.150. The van der Waals surface area contributed by atoms with E-state index < -0.39 is 42.3 Å². The van der Waals surface area contributed by atoms with Gasteiger partial charge in [0, 0.05) is 43.8 Å². The highest BCUT2D eigenvalue weighted by Gasteiger charge is 2.42. The molecule has 1 N–H and O–H groups in total. The van der Waals surface area contributed by atoms with E-state index in [1.165, 1.54) is 10.5 Å². The van der Waals surface area contributed by atoms with Crippen LogP contribution in [-0.4, -0.2) is 77.7 Å². The molecule has 0 unspecified atom stereocenters. The topological polar surface area (TPSA) is 130 Å². The van der Waals surface area contributed by atoms with Gasteiger partial charge in [-0.1, -0.05) is 11.3 Å². The number of halogens is 2. The molecule has 6 rings (SSSR count). The van der Waals surface area contributed by atoms with Gasteiger partial charge in [0.05, 0.1) is 16.6 Å². The summed E-state index contributed by atoms with van der Waals surface area (Å²) in [6, 6.07) is 1.58. The lowest BCUT2D eigenvalue weighted by atomic mass is 10.2. The van der Waals surface area contributed by atoms with E-state index in [-0.39, 0.29) is 28.9 Å². The molecule has 1 saturated heterocycles. The highest BCUT2D eigenvalue weighted by molar-refractivity contribution is 7.89. The van der Waals surface area contributed by atoms with Crippen LogP contribution in [0.5, 0.6) is 0 Å². The third-order valence-electron chi connectivity index (χ3n) is 7.72. The molecular formula is C24H31F2N7O4S3.